The van der Waals surface area contributed by atoms with Gasteiger partial charge in [-0.05, 0) is 39.1 Å². The molecule has 0 spiro atoms. The molecule has 1 atom stereocenters. The number of rotatable bonds is 4. The maximum absolute atomic E-state index is 12.2. The zero-order chi connectivity index (χ0) is 14.9. The summed E-state index contributed by atoms with van der Waals surface area (Å²) in [5.41, 5.74) is 0.912. The predicted octanol–water partition coefficient (Wildman–Crippen LogP) is 2.11. The third kappa shape index (κ3) is 2.82. The highest BCUT2D eigenvalue weighted by atomic mass is 32.1. The van der Waals surface area contributed by atoms with Crippen molar-refractivity contribution in [2.45, 2.75) is 33.2 Å². The van der Waals surface area contributed by atoms with E-state index in [-0.39, 0.29) is 11.8 Å². The Hall–Kier alpha value is -1.89. The molecule has 2 aromatic rings. The third-order valence-electron chi connectivity index (χ3n) is 3.33. The van der Waals surface area contributed by atoms with E-state index in [0.717, 1.165) is 17.1 Å². The van der Waals surface area contributed by atoms with Gasteiger partial charge in [-0.3, -0.25) is 9.89 Å². The summed E-state index contributed by atoms with van der Waals surface area (Å²) >= 11 is 5.02. The van der Waals surface area contributed by atoms with Crippen LogP contribution in [0.2, 0.25) is 0 Å². The van der Waals surface area contributed by atoms with E-state index < -0.39 is 0 Å². The number of carbonyl (C=O) groups excluding carboxylic acids is 1. The maximum atomic E-state index is 12.2. The molecule has 2 aromatic heterocycles. The number of furan rings is 1. The molecule has 2 N–H and O–H groups in total. The molecule has 2 rings (SSSR count). The molecule has 0 aliphatic carbocycles. The fourth-order valence-corrected chi connectivity index (χ4v) is 2.23. The lowest BCUT2D eigenvalue weighted by molar-refractivity contribution is -0.122. The van der Waals surface area contributed by atoms with Crippen molar-refractivity contribution in [2.24, 2.45) is 7.05 Å². The van der Waals surface area contributed by atoms with Gasteiger partial charge < -0.3 is 14.3 Å². The second-order valence-electron chi connectivity index (χ2n) is 4.81. The minimum absolute atomic E-state index is 0.0668. The number of carbonyl (C=O) groups is 1. The number of amides is 1. The van der Waals surface area contributed by atoms with Crippen LogP contribution in [0.25, 0.3) is 0 Å². The van der Waals surface area contributed by atoms with Crippen LogP contribution in [-0.2, 0) is 18.4 Å². The zero-order valence-electron chi connectivity index (χ0n) is 12.0. The van der Waals surface area contributed by atoms with Gasteiger partial charge in [0.2, 0.25) is 5.91 Å². The topological polar surface area (TPSA) is 75.8 Å². The second kappa shape index (κ2) is 5.62. The van der Waals surface area contributed by atoms with Gasteiger partial charge in [-0.1, -0.05) is 0 Å². The predicted molar refractivity (Wildman–Crippen MR) is 76.8 cm³/mol. The van der Waals surface area contributed by atoms with Gasteiger partial charge in [-0.2, -0.15) is 5.10 Å². The van der Waals surface area contributed by atoms with Gasteiger partial charge >= 0.3 is 0 Å². The Morgan fingerprint density at radius 1 is 1.60 bits per heavy atom. The number of hydrogen-bond donors (Lipinski definition) is 2. The van der Waals surface area contributed by atoms with Crippen molar-refractivity contribution in [2.75, 3.05) is 0 Å². The van der Waals surface area contributed by atoms with E-state index in [2.05, 4.69) is 15.5 Å². The fourth-order valence-electron chi connectivity index (χ4n) is 2.08. The molecule has 0 aliphatic heterocycles. The molecule has 1 unspecified atom stereocenters. The quantitative estimate of drug-likeness (QED) is 0.847. The van der Waals surface area contributed by atoms with Gasteiger partial charge in [0.1, 0.15) is 11.5 Å². The van der Waals surface area contributed by atoms with Crippen molar-refractivity contribution in [3.8, 4) is 0 Å². The first-order valence-electron chi connectivity index (χ1n) is 6.35. The molecule has 0 bridgehead atoms. The van der Waals surface area contributed by atoms with E-state index in [1.54, 1.807) is 11.6 Å². The molecule has 0 radical (unpaired) electrons. The van der Waals surface area contributed by atoms with Crippen LogP contribution in [0.3, 0.4) is 0 Å². The molecule has 2 heterocycles. The summed E-state index contributed by atoms with van der Waals surface area (Å²) < 4.78 is 7.72. The van der Waals surface area contributed by atoms with Gasteiger partial charge in [0.15, 0.2) is 10.6 Å². The summed E-state index contributed by atoms with van der Waals surface area (Å²) in [6, 6.07) is 1.90. The number of nitrogens with one attached hydrogen (secondary N) is 2. The lowest BCUT2D eigenvalue weighted by atomic mass is 10.0. The first kappa shape index (κ1) is 14.5. The summed E-state index contributed by atoms with van der Waals surface area (Å²) in [4.78, 5) is 12.2. The molecule has 0 fully saturated rings. The molecular formula is C13H18N4O2S. The summed E-state index contributed by atoms with van der Waals surface area (Å²) in [6.07, 6.45) is 0. The van der Waals surface area contributed by atoms with Gasteiger partial charge in [0.25, 0.3) is 0 Å². The molecule has 108 valence electrons. The molecule has 7 heteroatoms. The van der Waals surface area contributed by atoms with Crippen molar-refractivity contribution in [1.29, 1.82) is 0 Å². The van der Waals surface area contributed by atoms with E-state index >= 15 is 0 Å². The normalized spacial score (nSPS) is 12.4. The minimum atomic E-state index is -0.264. The van der Waals surface area contributed by atoms with E-state index in [1.807, 2.05) is 26.8 Å². The molecule has 1 amide bonds. The summed E-state index contributed by atoms with van der Waals surface area (Å²) in [5.74, 6) is 1.95. The van der Waals surface area contributed by atoms with Crippen LogP contribution >= 0.6 is 12.2 Å². The van der Waals surface area contributed by atoms with Crippen LogP contribution in [0.4, 0.5) is 0 Å². The molecule has 20 heavy (non-hydrogen) atoms. The van der Waals surface area contributed by atoms with Gasteiger partial charge in [0.05, 0.1) is 12.5 Å². The van der Waals surface area contributed by atoms with Crippen molar-refractivity contribution in [1.82, 2.24) is 20.1 Å². The molecule has 0 saturated heterocycles. The lowest BCUT2D eigenvalue weighted by Gasteiger charge is -2.11. The minimum Gasteiger partial charge on any atom is -0.466 e. The highest BCUT2D eigenvalue weighted by Gasteiger charge is 2.20. The molecule has 6 nitrogen and oxygen atoms in total. The standard InChI is InChI=1S/C13H18N4O2S/c1-7-5-10(9(3)19-7)8(2)12(18)14-6-11-15-16-13(20)17(11)4/h5,8H,6H2,1-4H3,(H,14,18)(H,16,20). The average Bonchev–Trinajstić information content (AvgIpc) is 2.90. The molecule has 0 saturated carbocycles. The molecule has 0 aliphatic rings. The Bertz CT molecular complexity index is 683. The first-order chi connectivity index (χ1) is 9.40. The van der Waals surface area contributed by atoms with Gasteiger partial charge in [-0.15, -0.1) is 0 Å². The average molecular weight is 294 g/mol. The lowest BCUT2D eigenvalue weighted by Crippen LogP contribution is -2.28. The van der Waals surface area contributed by atoms with Crippen LogP contribution in [0.15, 0.2) is 10.5 Å². The van der Waals surface area contributed by atoms with E-state index in [4.69, 9.17) is 16.6 Å². The summed E-state index contributed by atoms with van der Waals surface area (Å²) in [7, 11) is 1.81. The van der Waals surface area contributed by atoms with Crippen LogP contribution in [0.5, 0.6) is 0 Å². The summed E-state index contributed by atoms with van der Waals surface area (Å²) in [6.45, 7) is 5.93. The van der Waals surface area contributed by atoms with Crippen molar-refractivity contribution < 1.29 is 9.21 Å². The zero-order valence-corrected chi connectivity index (χ0v) is 12.8. The first-order valence-corrected chi connectivity index (χ1v) is 6.76. The third-order valence-corrected chi connectivity index (χ3v) is 3.70. The second-order valence-corrected chi connectivity index (χ2v) is 5.20. The molecular weight excluding hydrogens is 276 g/mol. The Kier molecular flexibility index (Phi) is 4.08. The summed E-state index contributed by atoms with van der Waals surface area (Å²) in [5, 5.41) is 9.59. The Morgan fingerprint density at radius 2 is 2.30 bits per heavy atom. The maximum Gasteiger partial charge on any atom is 0.227 e. The largest absolute Gasteiger partial charge is 0.466 e. The Morgan fingerprint density at radius 3 is 2.80 bits per heavy atom. The number of H-pyrrole nitrogens is 1. The number of aromatic amines is 1. The van der Waals surface area contributed by atoms with Crippen LogP contribution in [0.1, 0.15) is 35.7 Å². The van der Waals surface area contributed by atoms with E-state index in [9.17, 15) is 4.79 Å². The SMILES string of the molecule is Cc1cc(C(C)C(=O)NCc2n[nH]c(=S)n2C)c(C)o1. The van der Waals surface area contributed by atoms with E-state index in [1.165, 1.54) is 0 Å². The molecule has 0 aromatic carbocycles. The van der Waals surface area contributed by atoms with Gasteiger partial charge in [0, 0.05) is 12.6 Å². The number of nitrogens with zero attached hydrogens (tertiary/aromatic N) is 2. The van der Waals surface area contributed by atoms with Crippen molar-refractivity contribution in [3.63, 3.8) is 0 Å². The highest BCUT2D eigenvalue weighted by Crippen LogP contribution is 2.23. The Labute approximate surface area is 122 Å². The van der Waals surface area contributed by atoms with E-state index in [0.29, 0.717) is 17.1 Å². The smallest absolute Gasteiger partial charge is 0.227 e. The number of hydrogen-bond acceptors (Lipinski definition) is 4. The Balaban J connectivity index is 2.03. The van der Waals surface area contributed by atoms with Crippen LogP contribution in [0, 0.1) is 18.6 Å². The number of aromatic nitrogens is 3. The number of aryl methyl sites for hydroxylation is 2. The van der Waals surface area contributed by atoms with Crippen molar-refractivity contribution >= 4 is 18.1 Å². The van der Waals surface area contributed by atoms with Gasteiger partial charge in [-0.25, -0.2) is 0 Å². The van der Waals surface area contributed by atoms with Crippen LogP contribution < -0.4 is 5.32 Å². The van der Waals surface area contributed by atoms with Crippen molar-refractivity contribution in [3.05, 3.63) is 33.7 Å². The highest BCUT2D eigenvalue weighted by molar-refractivity contribution is 7.71. The monoisotopic (exact) mass is 294 g/mol. The van der Waals surface area contributed by atoms with Crippen LogP contribution in [-0.4, -0.2) is 20.7 Å². The fraction of sp³-hybridized carbons (Fsp3) is 0.462.